The maximum absolute atomic E-state index is 12.3. The number of nitrogens with one attached hydrogen (secondary N) is 1. The standard InChI is InChI=1S/C14H20BrF2NO/c1-4-9(2)10(3)18-8-11-7-12(15)5-6-13(11)19-14(16)17/h5-7,9-10,14,18H,4,8H2,1-3H3. The molecule has 2 unspecified atom stereocenters. The summed E-state index contributed by atoms with van der Waals surface area (Å²) >= 11 is 3.34. The van der Waals surface area contributed by atoms with E-state index in [1.54, 1.807) is 18.2 Å². The molecule has 0 spiro atoms. The molecule has 2 atom stereocenters. The van der Waals surface area contributed by atoms with E-state index in [4.69, 9.17) is 0 Å². The molecule has 1 rings (SSSR count). The molecule has 0 amide bonds. The predicted molar refractivity (Wildman–Crippen MR) is 76.5 cm³/mol. The van der Waals surface area contributed by atoms with Gasteiger partial charge in [0, 0.05) is 22.6 Å². The third-order valence-corrected chi connectivity index (χ3v) is 3.84. The van der Waals surface area contributed by atoms with Crippen molar-refractivity contribution in [3.8, 4) is 5.75 Å². The Kier molecular flexibility index (Phi) is 6.72. The Morgan fingerprint density at radius 1 is 1.32 bits per heavy atom. The van der Waals surface area contributed by atoms with Gasteiger partial charge in [0.25, 0.3) is 0 Å². The first-order valence-electron chi connectivity index (χ1n) is 6.40. The number of ether oxygens (including phenoxy) is 1. The van der Waals surface area contributed by atoms with E-state index in [1.807, 2.05) is 0 Å². The summed E-state index contributed by atoms with van der Waals surface area (Å²) in [5.41, 5.74) is 0.727. The Labute approximate surface area is 121 Å². The summed E-state index contributed by atoms with van der Waals surface area (Å²) in [4.78, 5) is 0. The summed E-state index contributed by atoms with van der Waals surface area (Å²) in [6.45, 7) is 4.10. The molecule has 0 aliphatic rings. The minimum absolute atomic E-state index is 0.224. The van der Waals surface area contributed by atoms with Crippen LogP contribution in [0, 0.1) is 5.92 Å². The van der Waals surface area contributed by atoms with E-state index in [2.05, 4.69) is 46.8 Å². The molecule has 2 nitrogen and oxygen atoms in total. The van der Waals surface area contributed by atoms with Gasteiger partial charge < -0.3 is 10.1 Å². The predicted octanol–water partition coefficient (Wildman–Crippen LogP) is 4.57. The van der Waals surface area contributed by atoms with Crippen molar-refractivity contribution in [3.05, 3.63) is 28.2 Å². The van der Waals surface area contributed by atoms with E-state index in [0.717, 1.165) is 16.5 Å². The minimum atomic E-state index is -2.80. The molecule has 5 heteroatoms. The van der Waals surface area contributed by atoms with Crippen molar-refractivity contribution in [2.75, 3.05) is 0 Å². The molecule has 0 saturated heterocycles. The van der Waals surface area contributed by atoms with Crippen LogP contribution in [0.2, 0.25) is 0 Å². The fraction of sp³-hybridized carbons (Fsp3) is 0.571. The number of benzene rings is 1. The third kappa shape index (κ3) is 5.45. The zero-order chi connectivity index (χ0) is 14.4. The Balaban J connectivity index is 2.72. The van der Waals surface area contributed by atoms with Gasteiger partial charge in [-0.05, 0) is 31.0 Å². The normalized spacial score (nSPS) is 14.5. The van der Waals surface area contributed by atoms with Crippen LogP contribution in [0.15, 0.2) is 22.7 Å². The molecule has 1 aromatic rings. The average molecular weight is 336 g/mol. The zero-order valence-corrected chi connectivity index (χ0v) is 13.0. The van der Waals surface area contributed by atoms with E-state index in [1.165, 1.54) is 0 Å². The highest BCUT2D eigenvalue weighted by molar-refractivity contribution is 9.10. The van der Waals surface area contributed by atoms with E-state index in [-0.39, 0.29) is 5.75 Å². The molecular formula is C14H20BrF2NO. The van der Waals surface area contributed by atoms with Gasteiger partial charge in [0.15, 0.2) is 0 Å². The van der Waals surface area contributed by atoms with Crippen LogP contribution in [0.5, 0.6) is 5.75 Å². The van der Waals surface area contributed by atoms with Crippen molar-refractivity contribution in [2.24, 2.45) is 5.92 Å². The highest BCUT2D eigenvalue weighted by Crippen LogP contribution is 2.25. The summed E-state index contributed by atoms with van der Waals surface area (Å²) in [6, 6.07) is 5.37. The number of hydrogen-bond donors (Lipinski definition) is 1. The van der Waals surface area contributed by atoms with Crippen molar-refractivity contribution in [1.29, 1.82) is 0 Å². The fourth-order valence-electron chi connectivity index (χ4n) is 1.72. The molecule has 0 aromatic heterocycles. The highest BCUT2D eigenvalue weighted by atomic mass is 79.9. The van der Waals surface area contributed by atoms with Crippen LogP contribution in [0.1, 0.15) is 32.8 Å². The molecule has 0 aliphatic carbocycles. The molecule has 19 heavy (non-hydrogen) atoms. The van der Waals surface area contributed by atoms with Crippen LogP contribution >= 0.6 is 15.9 Å². The smallest absolute Gasteiger partial charge is 0.387 e. The van der Waals surface area contributed by atoms with Gasteiger partial charge in [-0.1, -0.05) is 36.2 Å². The Hall–Kier alpha value is -0.680. The first-order chi connectivity index (χ1) is 8.93. The maximum atomic E-state index is 12.3. The number of rotatable bonds is 7. The molecule has 0 saturated carbocycles. The number of hydrogen-bond acceptors (Lipinski definition) is 2. The van der Waals surface area contributed by atoms with E-state index < -0.39 is 6.61 Å². The topological polar surface area (TPSA) is 21.3 Å². The first kappa shape index (κ1) is 16.4. The van der Waals surface area contributed by atoms with Crippen molar-refractivity contribution in [1.82, 2.24) is 5.32 Å². The summed E-state index contributed by atoms with van der Waals surface area (Å²) in [5, 5.41) is 3.34. The second kappa shape index (κ2) is 7.80. The maximum Gasteiger partial charge on any atom is 0.387 e. The van der Waals surface area contributed by atoms with Crippen molar-refractivity contribution < 1.29 is 13.5 Å². The van der Waals surface area contributed by atoms with Crippen LogP contribution in [-0.2, 0) is 6.54 Å². The highest BCUT2D eigenvalue weighted by Gasteiger charge is 2.13. The summed E-state index contributed by atoms with van der Waals surface area (Å²) < 4.78 is 30.0. The van der Waals surface area contributed by atoms with E-state index >= 15 is 0 Å². The SMILES string of the molecule is CCC(C)C(C)NCc1cc(Br)ccc1OC(F)F. The molecule has 0 heterocycles. The van der Waals surface area contributed by atoms with Gasteiger partial charge >= 0.3 is 6.61 Å². The quantitative estimate of drug-likeness (QED) is 0.787. The zero-order valence-electron chi connectivity index (χ0n) is 11.4. The van der Waals surface area contributed by atoms with Crippen molar-refractivity contribution in [2.45, 2.75) is 46.4 Å². The lowest BCUT2D eigenvalue weighted by Crippen LogP contribution is -2.31. The van der Waals surface area contributed by atoms with Crippen molar-refractivity contribution >= 4 is 15.9 Å². The van der Waals surface area contributed by atoms with Gasteiger partial charge in [0.05, 0.1) is 0 Å². The van der Waals surface area contributed by atoms with E-state index in [9.17, 15) is 8.78 Å². The van der Waals surface area contributed by atoms with E-state index in [0.29, 0.717) is 18.5 Å². The molecule has 0 aliphatic heterocycles. The summed E-state index contributed by atoms with van der Waals surface area (Å²) in [6.07, 6.45) is 1.08. The van der Waals surface area contributed by atoms with Crippen LogP contribution in [0.4, 0.5) is 8.78 Å². The fourth-order valence-corrected chi connectivity index (χ4v) is 2.13. The van der Waals surface area contributed by atoms with Gasteiger partial charge in [-0.2, -0.15) is 8.78 Å². The first-order valence-corrected chi connectivity index (χ1v) is 7.20. The number of alkyl halides is 2. The van der Waals surface area contributed by atoms with Crippen LogP contribution in [-0.4, -0.2) is 12.7 Å². The largest absolute Gasteiger partial charge is 0.434 e. The molecule has 1 N–H and O–H groups in total. The van der Waals surface area contributed by atoms with Crippen molar-refractivity contribution in [3.63, 3.8) is 0 Å². The summed E-state index contributed by atoms with van der Waals surface area (Å²) in [7, 11) is 0. The molecule has 1 aromatic carbocycles. The van der Waals surface area contributed by atoms with Gasteiger partial charge in [0.1, 0.15) is 5.75 Å². The molecule has 0 bridgehead atoms. The lowest BCUT2D eigenvalue weighted by atomic mass is 10.0. The van der Waals surface area contributed by atoms with Crippen LogP contribution < -0.4 is 10.1 Å². The Morgan fingerprint density at radius 3 is 2.58 bits per heavy atom. The van der Waals surface area contributed by atoms with Gasteiger partial charge in [-0.15, -0.1) is 0 Å². The minimum Gasteiger partial charge on any atom is -0.434 e. The molecule has 108 valence electrons. The Bertz CT molecular complexity index is 401. The second-order valence-corrected chi connectivity index (χ2v) is 5.60. The molecule has 0 fully saturated rings. The van der Waals surface area contributed by atoms with Crippen LogP contribution in [0.25, 0.3) is 0 Å². The van der Waals surface area contributed by atoms with Gasteiger partial charge in [-0.25, -0.2) is 0 Å². The summed E-state index contributed by atoms with van der Waals surface area (Å²) in [5.74, 6) is 0.758. The molecule has 0 radical (unpaired) electrons. The Morgan fingerprint density at radius 2 is 2.00 bits per heavy atom. The second-order valence-electron chi connectivity index (χ2n) is 4.69. The molecular weight excluding hydrogens is 316 g/mol. The monoisotopic (exact) mass is 335 g/mol. The lowest BCUT2D eigenvalue weighted by molar-refractivity contribution is -0.0505. The van der Waals surface area contributed by atoms with Crippen LogP contribution in [0.3, 0.4) is 0 Å². The lowest BCUT2D eigenvalue weighted by Gasteiger charge is -2.21. The third-order valence-electron chi connectivity index (χ3n) is 3.35. The van der Waals surface area contributed by atoms with Gasteiger partial charge in [-0.3, -0.25) is 0 Å². The number of halogens is 3. The average Bonchev–Trinajstić information content (AvgIpc) is 2.37. The van der Waals surface area contributed by atoms with Gasteiger partial charge in [0.2, 0.25) is 0 Å².